The molecule has 2 aromatic carbocycles. The number of benzene rings is 2. The molecule has 0 amide bonds. The molecule has 0 fully saturated rings. The van der Waals surface area contributed by atoms with Crippen LogP contribution in [0.2, 0.25) is 0 Å². The summed E-state index contributed by atoms with van der Waals surface area (Å²) in [5.41, 5.74) is 2.36. The number of hydrogen-bond acceptors (Lipinski definition) is 2. The molecule has 2 nitrogen and oxygen atoms in total. The molecule has 4 heteroatoms. The molecule has 0 atom stereocenters. The molecule has 2 aromatic rings. The molecule has 0 bridgehead atoms. The molecule has 0 aliphatic heterocycles. The van der Waals surface area contributed by atoms with Crippen molar-refractivity contribution in [3.05, 3.63) is 59.7 Å². The number of halogens is 2. The summed E-state index contributed by atoms with van der Waals surface area (Å²) in [6.45, 7) is 6.40. The van der Waals surface area contributed by atoms with Crippen LogP contribution in [0.5, 0.6) is 0 Å². The molecule has 0 aliphatic rings. The number of nitrogens with zero attached hydrogens (tertiary/aromatic N) is 1. The van der Waals surface area contributed by atoms with Crippen LogP contribution in [0.3, 0.4) is 0 Å². The van der Waals surface area contributed by atoms with Gasteiger partial charge in [0.1, 0.15) is 0 Å². The van der Waals surface area contributed by atoms with Crippen LogP contribution in [0.25, 0.3) is 0 Å². The largest absolute Gasteiger partial charge is 0.381 e. The van der Waals surface area contributed by atoms with Crippen molar-refractivity contribution in [2.75, 3.05) is 23.3 Å². The van der Waals surface area contributed by atoms with Crippen LogP contribution >= 0.6 is 0 Å². The smallest absolute Gasteiger partial charge is 0.163 e. The number of hydrogen-bond donors (Lipinski definition) is 1. The Morgan fingerprint density at radius 2 is 1.62 bits per heavy atom. The second kappa shape index (κ2) is 7.07. The zero-order chi connectivity index (χ0) is 15.2. The molecule has 0 saturated carbocycles. The van der Waals surface area contributed by atoms with Crippen molar-refractivity contribution >= 4 is 11.4 Å². The minimum Gasteiger partial charge on any atom is -0.381 e. The van der Waals surface area contributed by atoms with Crippen molar-refractivity contribution in [2.45, 2.75) is 20.4 Å². The molecule has 0 saturated heterocycles. The normalized spacial score (nSPS) is 10.5. The minimum atomic E-state index is -0.814. The Labute approximate surface area is 124 Å². The Morgan fingerprint density at radius 3 is 2.24 bits per heavy atom. The van der Waals surface area contributed by atoms with Gasteiger partial charge in [0, 0.05) is 36.6 Å². The van der Waals surface area contributed by atoms with Crippen molar-refractivity contribution in [1.29, 1.82) is 0 Å². The van der Waals surface area contributed by atoms with E-state index in [4.69, 9.17) is 0 Å². The SMILES string of the molecule is CCN(CC)c1ccc(NCc2cccc(F)c2F)cc1. The van der Waals surface area contributed by atoms with Crippen molar-refractivity contribution in [3.8, 4) is 0 Å². The molecule has 0 unspecified atom stereocenters. The molecule has 0 spiro atoms. The number of anilines is 2. The van der Waals surface area contributed by atoms with Crippen LogP contribution in [0, 0.1) is 11.6 Å². The molecule has 0 heterocycles. The van der Waals surface area contributed by atoms with Crippen molar-refractivity contribution in [2.24, 2.45) is 0 Å². The monoisotopic (exact) mass is 290 g/mol. The van der Waals surface area contributed by atoms with E-state index >= 15 is 0 Å². The zero-order valence-electron chi connectivity index (χ0n) is 12.4. The fourth-order valence-electron chi connectivity index (χ4n) is 2.26. The van der Waals surface area contributed by atoms with E-state index in [1.54, 1.807) is 6.07 Å². The summed E-state index contributed by atoms with van der Waals surface area (Å²) in [7, 11) is 0. The first-order valence-electron chi connectivity index (χ1n) is 7.17. The Morgan fingerprint density at radius 1 is 0.952 bits per heavy atom. The fraction of sp³-hybridized carbons (Fsp3) is 0.294. The predicted molar refractivity (Wildman–Crippen MR) is 83.7 cm³/mol. The topological polar surface area (TPSA) is 15.3 Å². The molecule has 0 aromatic heterocycles. The quantitative estimate of drug-likeness (QED) is 0.847. The second-order valence-electron chi connectivity index (χ2n) is 4.79. The van der Waals surface area contributed by atoms with Gasteiger partial charge in [-0.2, -0.15) is 0 Å². The maximum Gasteiger partial charge on any atom is 0.163 e. The van der Waals surface area contributed by atoms with Gasteiger partial charge in [0.2, 0.25) is 0 Å². The summed E-state index contributed by atoms with van der Waals surface area (Å²) in [5, 5.41) is 3.11. The highest BCUT2D eigenvalue weighted by molar-refractivity contribution is 5.55. The van der Waals surface area contributed by atoms with Gasteiger partial charge in [-0.05, 0) is 44.2 Å². The summed E-state index contributed by atoms with van der Waals surface area (Å²) in [6, 6.07) is 12.2. The predicted octanol–water partition coefficient (Wildman–Crippen LogP) is 4.42. The fourth-order valence-corrected chi connectivity index (χ4v) is 2.26. The summed E-state index contributed by atoms with van der Waals surface area (Å²) in [5.74, 6) is -1.60. The van der Waals surface area contributed by atoms with Gasteiger partial charge in [-0.15, -0.1) is 0 Å². The summed E-state index contributed by atoms with van der Waals surface area (Å²) >= 11 is 0. The highest BCUT2D eigenvalue weighted by Gasteiger charge is 2.07. The third kappa shape index (κ3) is 3.72. The summed E-state index contributed by atoms with van der Waals surface area (Å²) in [6.07, 6.45) is 0. The maximum atomic E-state index is 13.5. The van der Waals surface area contributed by atoms with Crippen molar-refractivity contribution in [1.82, 2.24) is 0 Å². The van der Waals surface area contributed by atoms with Crippen LogP contribution in [0.15, 0.2) is 42.5 Å². The Bertz CT molecular complexity index is 578. The number of rotatable bonds is 6. The van der Waals surface area contributed by atoms with Gasteiger partial charge in [-0.1, -0.05) is 12.1 Å². The Kier molecular flexibility index (Phi) is 5.14. The lowest BCUT2D eigenvalue weighted by Crippen LogP contribution is -2.21. The van der Waals surface area contributed by atoms with Gasteiger partial charge in [0.15, 0.2) is 11.6 Å². The van der Waals surface area contributed by atoms with Crippen molar-refractivity contribution < 1.29 is 8.78 Å². The molecule has 112 valence electrons. The van der Waals surface area contributed by atoms with E-state index in [0.29, 0.717) is 5.56 Å². The Balaban J connectivity index is 2.02. The first-order chi connectivity index (χ1) is 10.2. The van der Waals surface area contributed by atoms with E-state index in [0.717, 1.165) is 30.5 Å². The van der Waals surface area contributed by atoms with Gasteiger partial charge >= 0.3 is 0 Å². The molecule has 21 heavy (non-hydrogen) atoms. The standard InChI is InChI=1S/C17H20F2N2/c1-3-21(4-2)15-10-8-14(9-11-15)20-12-13-6-5-7-16(18)17(13)19/h5-11,20H,3-4,12H2,1-2H3. The third-order valence-electron chi connectivity index (χ3n) is 3.51. The van der Waals surface area contributed by atoms with Gasteiger partial charge in [-0.3, -0.25) is 0 Å². The summed E-state index contributed by atoms with van der Waals surface area (Å²) in [4.78, 5) is 2.25. The van der Waals surface area contributed by atoms with E-state index in [9.17, 15) is 8.78 Å². The Hall–Kier alpha value is -2.10. The van der Waals surface area contributed by atoms with Crippen LogP contribution in [0.4, 0.5) is 20.2 Å². The zero-order valence-corrected chi connectivity index (χ0v) is 12.4. The van der Waals surface area contributed by atoms with E-state index < -0.39 is 11.6 Å². The molecule has 0 aliphatic carbocycles. The number of nitrogens with one attached hydrogen (secondary N) is 1. The van der Waals surface area contributed by atoms with E-state index in [1.807, 2.05) is 24.3 Å². The molecule has 0 radical (unpaired) electrons. The first kappa shape index (κ1) is 15.3. The molecule has 1 N–H and O–H groups in total. The second-order valence-corrected chi connectivity index (χ2v) is 4.79. The lowest BCUT2D eigenvalue weighted by atomic mass is 10.2. The first-order valence-corrected chi connectivity index (χ1v) is 7.17. The van der Waals surface area contributed by atoms with E-state index in [-0.39, 0.29) is 6.54 Å². The van der Waals surface area contributed by atoms with Gasteiger partial charge in [0.25, 0.3) is 0 Å². The highest BCUT2D eigenvalue weighted by Crippen LogP contribution is 2.19. The highest BCUT2D eigenvalue weighted by atomic mass is 19.2. The van der Waals surface area contributed by atoms with Crippen LogP contribution in [-0.2, 0) is 6.54 Å². The van der Waals surface area contributed by atoms with E-state index in [1.165, 1.54) is 6.07 Å². The van der Waals surface area contributed by atoms with Crippen molar-refractivity contribution in [3.63, 3.8) is 0 Å². The van der Waals surface area contributed by atoms with Gasteiger partial charge in [0.05, 0.1) is 0 Å². The average molecular weight is 290 g/mol. The molecular formula is C17H20F2N2. The van der Waals surface area contributed by atoms with E-state index in [2.05, 4.69) is 24.1 Å². The lowest BCUT2D eigenvalue weighted by molar-refractivity contribution is 0.500. The minimum absolute atomic E-state index is 0.258. The van der Waals surface area contributed by atoms with Crippen LogP contribution in [-0.4, -0.2) is 13.1 Å². The summed E-state index contributed by atoms with van der Waals surface area (Å²) < 4.78 is 26.7. The third-order valence-corrected chi connectivity index (χ3v) is 3.51. The average Bonchev–Trinajstić information content (AvgIpc) is 2.51. The van der Waals surface area contributed by atoms with Crippen LogP contribution in [0.1, 0.15) is 19.4 Å². The van der Waals surface area contributed by atoms with Gasteiger partial charge < -0.3 is 10.2 Å². The van der Waals surface area contributed by atoms with Crippen LogP contribution < -0.4 is 10.2 Å². The molecular weight excluding hydrogens is 270 g/mol. The maximum absolute atomic E-state index is 13.5. The lowest BCUT2D eigenvalue weighted by Gasteiger charge is -2.21. The van der Waals surface area contributed by atoms with Gasteiger partial charge in [-0.25, -0.2) is 8.78 Å². The molecule has 2 rings (SSSR count).